The molecule has 1 aromatic carbocycles. The number of hydrogen-bond donors (Lipinski definition) is 1. The van der Waals surface area contributed by atoms with Gasteiger partial charge in [0.15, 0.2) is 0 Å². The molecule has 84 valence electrons. The molecule has 0 aliphatic carbocycles. The van der Waals surface area contributed by atoms with Crippen LogP contribution in [-0.2, 0) is 6.42 Å². The number of rotatable bonds is 3. The highest BCUT2D eigenvalue weighted by atomic mass is 16.5. The summed E-state index contributed by atoms with van der Waals surface area (Å²) in [7, 11) is 1.62. The van der Waals surface area contributed by atoms with Gasteiger partial charge in [-0.1, -0.05) is 6.92 Å². The summed E-state index contributed by atoms with van der Waals surface area (Å²) >= 11 is 0. The molecule has 0 aliphatic rings. The molecule has 0 radical (unpaired) electrons. The van der Waals surface area contributed by atoms with E-state index in [1.54, 1.807) is 13.3 Å². The summed E-state index contributed by atoms with van der Waals surface area (Å²) in [6, 6.07) is 5.71. The van der Waals surface area contributed by atoms with Crippen molar-refractivity contribution in [3.05, 3.63) is 36.4 Å². The predicted octanol–water partition coefficient (Wildman–Crippen LogP) is 2.03. The smallest absolute Gasteiger partial charge is 0.143 e. The van der Waals surface area contributed by atoms with Crippen molar-refractivity contribution in [3.8, 4) is 11.4 Å². The predicted molar refractivity (Wildman–Crippen MR) is 63.9 cm³/mol. The fourth-order valence-electron chi connectivity index (χ4n) is 1.68. The van der Waals surface area contributed by atoms with Gasteiger partial charge in [0.1, 0.15) is 11.6 Å². The standard InChI is InChI=1S/C12H15N3O/c1-3-12-14-6-7-15(12)9-4-5-10(13)11(8-9)16-2/h4-8H,3,13H2,1-2H3. The summed E-state index contributed by atoms with van der Waals surface area (Å²) in [4.78, 5) is 4.28. The highest BCUT2D eigenvalue weighted by Gasteiger charge is 2.05. The molecule has 4 nitrogen and oxygen atoms in total. The molecule has 4 heteroatoms. The van der Waals surface area contributed by atoms with Crippen molar-refractivity contribution >= 4 is 5.69 Å². The van der Waals surface area contributed by atoms with Crippen molar-refractivity contribution in [1.82, 2.24) is 9.55 Å². The third-order valence-corrected chi connectivity index (χ3v) is 2.53. The fourth-order valence-corrected chi connectivity index (χ4v) is 1.68. The molecule has 0 fully saturated rings. The Morgan fingerprint density at radius 1 is 1.44 bits per heavy atom. The van der Waals surface area contributed by atoms with E-state index in [1.807, 2.05) is 29.0 Å². The van der Waals surface area contributed by atoms with E-state index in [2.05, 4.69) is 11.9 Å². The summed E-state index contributed by atoms with van der Waals surface area (Å²) in [6.45, 7) is 2.08. The zero-order chi connectivity index (χ0) is 11.5. The van der Waals surface area contributed by atoms with E-state index < -0.39 is 0 Å². The molecular weight excluding hydrogens is 202 g/mol. The number of nitrogen functional groups attached to an aromatic ring is 1. The van der Waals surface area contributed by atoms with Gasteiger partial charge in [0.25, 0.3) is 0 Å². The van der Waals surface area contributed by atoms with Gasteiger partial charge in [-0.2, -0.15) is 0 Å². The van der Waals surface area contributed by atoms with Gasteiger partial charge in [-0.3, -0.25) is 0 Å². The number of hydrogen-bond acceptors (Lipinski definition) is 3. The van der Waals surface area contributed by atoms with Crippen LogP contribution in [0.15, 0.2) is 30.6 Å². The van der Waals surface area contributed by atoms with Crippen LogP contribution in [0.5, 0.6) is 5.75 Å². The number of nitrogens with two attached hydrogens (primary N) is 1. The van der Waals surface area contributed by atoms with Crippen LogP contribution in [0.3, 0.4) is 0 Å². The van der Waals surface area contributed by atoms with Crippen LogP contribution in [0.25, 0.3) is 5.69 Å². The lowest BCUT2D eigenvalue weighted by Crippen LogP contribution is -2.00. The number of aromatic nitrogens is 2. The molecule has 0 unspecified atom stereocenters. The largest absolute Gasteiger partial charge is 0.495 e. The highest BCUT2D eigenvalue weighted by molar-refractivity contribution is 5.57. The number of aryl methyl sites for hydroxylation is 1. The second kappa shape index (κ2) is 4.26. The van der Waals surface area contributed by atoms with Gasteiger partial charge in [0.05, 0.1) is 18.5 Å². The monoisotopic (exact) mass is 217 g/mol. The van der Waals surface area contributed by atoms with E-state index in [0.29, 0.717) is 11.4 Å². The topological polar surface area (TPSA) is 53.1 Å². The Kier molecular flexibility index (Phi) is 2.81. The number of benzene rings is 1. The minimum atomic E-state index is 0.643. The molecule has 16 heavy (non-hydrogen) atoms. The molecule has 0 saturated carbocycles. The Bertz CT molecular complexity index is 491. The molecule has 1 aromatic heterocycles. The van der Waals surface area contributed by atoms with Crippen LogP contribution >= 0.6 is 0 Å². The number of nitrogens with zero attached hydrogens (tertiary/aromatic N) is 2. The number of methoxy groups -OCH3 is 1. The van der Waals surface area contributed by atoms with Gasteiger partial charge in [-0.15, -0.1) is 0 Å². The van der Waals surface area contributed by atoms with E-state index in [0.717, 1.165) is 17.9 Å². The molecule has 2 N–H and O–H groups in total. The second-order valence-corrected chi connectivity index (χ2v) is 3.49. The van der Waals surface area contributed by atoms with Crippen molar-refractivity contribution in [3.63, 3.8) is 0 Å². The van der Waals surface area contributed by atoms with E-state index >= 15 is 0 Å². The van der Waals surface area contributed by atoms with Crippen LogP contribution in [0.4, 0.5) is 5.69 Å². The Morgan fingerprint density at radius 2 is 2.25 bits per heavy atom. The van der Waals surface area contributed by atoms with Crippen molar-refractivity contribution in [2.75, 3.05) is 12.8 Å². The Morgan fingerprint density at radius 3 is 2.94 bits per heavy atom. The average Bonchev–Trinajstić information content (AvgIpc) is 2.78. The van der Waals surface area contributed by atoms with Crippen LogP contribution < -0.4 is 10.5 Å². The third-order valence-electron chi connectivity index (χ3n) is 2.53. The first-order chi connectivity index (χ1) is 7.76. The molecule has 0 amide bonds. The van der Waals surface area contributed by atoms with Crippen molar-refractivity contribution in [2.45, 2.75) is 13.3 Å². The summed E-state index contributed by atoms with van der Waals surface area (Å²) in [5.41, 5.74) is 7.43. The van der Waals surface area contributed by atoms with E-state index in [4.69, 9.17) is 10.5 Å². The zero-order valence-electron chi connectivity index (χ0n) is 9.47. The van der Waals surface area contributed by atoms with Gasteiger partial charge in [0, 0.05) is 24.9 Å². The highest BCUT2D eigenvalue weighted by Crippen LogP contribution is 2.24. The van der Waals surface area contributed by atoms with Gasteiger partial charge in [-0.25, -0.2) is 4.98 Å². The van der Waals surface area contributed by atoms with E-state index in [9.17, 15) is 0 Å². The molecule has 0 atom stereocenters. The number of anilines is 1. The van der Waals surface area contributed by atoms with E-state index in [1.165, 1.54) is 0 Å². The summed E-state index contributed by atoms with van der Waals surface area (Å²) in [5, 5.41) is 0. The second-order valence-electron chi connectivity index (χ2n) is 3.49. The third kappa shape index (κ3) is 1.74. The normalized spacial score (nSPS) is 10.4. The lowest BCUT2D eigenvalue weighted by molar-refractivity contribution is 0.417. The zero-order valence-corrected chi connectivity index (χ0v) is 9.47. The Balaban J connectivity index is 2.48. The maximum atomic E-state index is 5.77. The van der Waals surface area contributed by atoms with E-state index in [-0.39, 0.29) is 0 Å². The van der Waals surface area contributed by atoms with Crippen LogP contribution in [-0.4, -0.2) is 16.7 Å². The lowest BCUT2D eigenvalue weighted by atomic mass is 10.2. The Hall–Kier alpha value is -1.97. The first-order valence-corrected chi connectivity index (χ1v) is 5.22. The number of imidazole rings is 1. The lowest BCUT2D eigenvalue weighted by Gasteiger charge is -2.10. The molecular formula is C12H15N3O. The molecule has 1 heterocycles. The molecule has 2 aromatic rings. The van der Waals surface area contributed by atoms with Gasteiger partial charge < -0.3 is 15.0 Å². The van der Waals surface area contributed by atoms with Gasteiger partial charge >= 0.3 is 0 Å². The fraction of sp³-hybridized carbons (Fsp3) is 0.250. The quantitative estimate of drug-likeness (QED) is 0.800. The van der Waals surface area contributed by atoms with Gasteiger partial charge in [-0.05, 0) is 12.1 Å². The summed E-state index contributed by atoms with van der Waals surface area (Å²) < 4.78 is 7.23. The maximum Gasteiger partial charge on any atom is 0.143 e. The van der Waals surface area contributed by atoms with Crippen molar-refractivity contribution in [2.24, 2.45) is 0 Å². The first-order valence-electron chi connectivity index (χ1n) is 5.22. The first kappa shape index (κ1) is 10.5. The van der Waals surface area contributed by atoms with Crippen LogP contribution in [0, 0.1) is 0 Å². The molecule has 0 bridgehead atoms. The SMILES string of the molecule is CCc1nccn1-c1ccc(N)c(OC)c1. The maximum absolute atomic E-state index is 5.77. The minimum absolute atomic E-state index is 0.643. The number of ether oxygens (including phenoxy) is 1. The van der Waals surface area contributed by atoms with Crippen molar-refractivity contribution < 1.29 is 4.74 Å². The molecule has 2 rings (SSSR count). The molecule has 0 spiro atoms. The van der Waals surface area contributed by atoms with Crippen molar-refractivity contribution in [1.29, 1.82) is 0 Å². The summed E-state index contributed by atoms with van der Waals surface area (Å²) in [5.74, 6) is 1.71. The van der Waals surface area contributed by atoms with Gasteiger partial charge in [0.2, 0.25) is 0 Å². The average molecular weight is 217 g/mol. The Labute approximate surface area is 94.7 Å². The van der Waals surface area contributed by atoms with Crippen LogP contribution in [0.1, 0.15) is 12.7 Å². The molecule has 0 saturated heterocycles. The minimum Gasteiger partial charge on any atom is -0.495 e. The van der Waals surface area contributed by atoms with Crippen LogP contribution in [0.2, 0.25) is 0 Å². The molecule has 0 aliphatic heterocycles. The summed E-state index contributed by atoms with van der Waals surface area (Å²) in [6.07, 6.45) is 4.62.